The summed E-state index contributed by atoms with van der Waals surface area (Å²) in [6, 6.07) is 3.84. The molecule has 2 rings (SSSR count). The second-order valence-corrected chi connectivity index (χ2v) is 21.0. The van der Waals surface area contributed by atoms with Gasteiger partial charge in [-0.05, 0) is 47.9 Å². The normalized spacial score (nSPS) is 24.1. The maximum Gasteiger partial charge on any atom is 0.192 e. The van der Waals surface area contributed by atoms with E-state index in [4.69, 9.17) is 19.3 Å². The van der Waals surface area contributed by atoms with Crippen molar-refractivity contribution in [3.8, 4) is 0 Å². The summed E-state index contributed by atoms with van der Waals surface area (Å²) in [7, 11) is -3.78. The van der Waals surface area contributed by atoms with Gasteiger partial charge < -0.3 is 19.3 Å². The van der Waals surface area contributed by atoms with Gasteiger partial charge in [0.05, 0.1) is 18.8 Å². The summed E-state index contributed by atoms with van der Waals surface area (Å²) in [6.07, 6.45) is 2.57. The van der Waals surface area contributed by atoms with E-state index in [0.29, 0.717) is 12.4 Å². The zero-order valence-corrected chi connectivity index (χ0v) is 22.1. The molecule has 0 radical (unpaired) electrons. The van der Waals surface area contributed by atoms with Crippen molar-refractivity contribution in [3.63, 3.8) is 0 Å². The van der Waals surface area contributed by atoms with Crippen LogP contribution in [-0.2, 0) is 13.6 Å². The SMILES string of the molecule is CC(C)(C)[Si](C)(C)OC[C@H]1O[C@@H](c2ccc(N)nc2)C[C@@H]1O[Si](C)(C)C(C)(C)C. The lowest BCUT2D eigenvalue weighted by Crippen LogP contribution is -2.48. The fraction of sp³-hybridized carbons (Fsp3) is 0.773. The van der Waals surface area contributed by atoms with Gasteiger partial charge >= 0.3 is 0 Å². The first-order valence-corrected chi connectivity index (χ1v) is 16.5. The second-order valence-electron chi connectivity index (χ2n) is 11.4. The van der Waals surface area contributed by atoms with E-state index < -0.39 is 16.6 Å². The van der Waals surface area contributed by atoms with Crippen molar-refractivity contribution in [2.45, 2.75) is 103 Å². The van der Waals surface area contributed by atoms with E-state index >= 15 is 0 Å². The number of aromatic nitrogens is 1. The van der Waals surface area contributed by atoms with E-state index in [2.05, 4.69) is 72.7 Å². The van der Waals surface area contributed by atoms with Gasteiger partial charge in [0.2, 0.25) is 0 Å². The molecule has 0 aliphatic carbocycles. The minimum absolute atomic E-state index is 0.0308. The molecular formula is C22H42N2O3Si2. The van der Waals surface area contributed by atoms with Gasteiger partial charge in [0.25, 0.3) is 0 Å². The molecule has 5 nitrogen and oxygen atoms in total. The Labute approximate surface area is 180 Å². The summed E-state index contributed by atoms with van der Waals surface area (Å²) in [5.74, 6) is 0.527. The summed E-state index contributed by atoms with van der Waals surface area (Å²) in [5, 5.41) is 0.320. The highest BCUT2D eigenvalue weighted by atomic mass is 28.4. The topological polar surface area (TPSA) is 66.6 Å². The van der Waals surface area contributed by atoms with Crippen LogP contribution in [0.1, 0.15) is 59.6 Å². The van der Waals surface area contributed by atoms with Crippen molar-refractivity contribution in [1.29, 1.82) is 0 Å². The third-order valence-electron chi connectivity index (χ3n) is 7.05. The number of hydrogen-bond acceptors (Lipinski definition) is 5. The van der Waals surface area contributed by atoms with Crippen LogP contribution >= 0.6 is 0 Å². The molecule has 0 unspecified atom stereocenters. The van der Waals surface area contributed by atoms with Gasteiger partial charge in [-0.25, -0.2) is 4.98 Å². The molecule has 0 saturated carbocycles. The molecule has 2 N–H and O–H groups in total. The minimum atomic E-state index is -1.92. The lowest BCUT2D eigenvalue weighted by Gasteiger charge is -2.40. The van der Waals surface area contributed by atoms with Gasteiger partial charge in [-0.1, -0.05) is 47.6 Å². The maximum atomic E-state index is 6.81. The third-order valence-corrected chi connectivity index (χ3v) is 16.1. The minimum Gasteiger partial charge on any atom is -0.414 e. The predicted molar refractivity (Wildman–Crippen MR) is 126 cm³/mol. The van der Waals surface area contributed by atoms with Gasteiger partial charge in [-0.2, -0.15) is 0 Å². The van der Waals surface area contributed by atoms with Crippen molar-refractivity contribution in [2.24, 2.45) is 0 Å². The van der Waals surface area contributed by atoms with Gasteiger partial charge in [-0.3, -0.25) is 0 Å². The van der Waals surface area contributed by atoms with Crippen LogP contribution in [0.2, 0.25) is 36.3 Å². The molecule has 0 bridgehead atoms. The van der Waals surface area contributed by atoms with Gasteiger partial charge in [0.1, 0.15) is 11.9 Å². The van der Waals surface area contributed by atoms with E-state index in [1.807, 2.05) is 18.3 Å². The van der Waals surface area contributed by atoms with Crippen LogP contribution in [0.3, 0.4) is 0 Å². The number of hydrogen-bond donors (Lipinski definition) is 1. The number of nitrogen functional groups attached to an aromatic ring is 1. The third kappa shape index (κ3) is 5.91. The molecule has 1 aromatic heterocycles. The molecule has 1 fully saturated rings. The van der Waals surface area contributed by atoms with E-state index in [-0.39, 0.29) is 28.4 Å². The number of rotatable bonds is 6. The van der Waals surface area contributed by atoms with Crippen molar-refractivity contribution < 1.29 is 13.6 Å². The Morgan fingerprint density at radius 3 is 2.10 bits per heavy atom. The lowest BCUT2D eigenvalue weighted by atomic mass is 10.1. The summed E-state index contributed by atoms with van der Waals surface area (Å²) >= 11 is 0. The lowest BCUT2D eigenvalue weighted by molar-refractivity contribution is -0.0165. The maximum absolute atomic E-state index is 6.81. The average molecular weight is 439 g/mol. The van der Waals surface area contributed by atoms with Crippen LogP contribution < -0.4 is 5.73 Å². The first kappa shape index (κ1) is 24.5. The van der Waals surface area contributed by atoms with Crippen molar-refractivity contribution >= 4 is 22.5 Å². The molecule has 1 saturated heterocycles. The second kappa shape index (κ2) is 8.42. The molecule has 1 aliphatic heterocycles. The highest BCUT2D eigenvalue weighted by Gasteiger charge is 2.46. The quantitative estimate of drug-likeness (QED) is 0.560. The van der Waals surface area contributed by atoms with E-state index in [1.165, 1.54) is 0 Å². The van der Waals surface area contributed by atoms with Gasteiger partial charge in [-0.15, -0.1) is 0 Å². The Bertz CT molecular complexity index is 679. The molecule has 1 aromatic rings. The summed E-state index contributed by atoms with van der Waals surface area (Å²) in [5.41, 5.74) is 6.81. The summed E-state index contributed by atoms with van der Waals surface area (Å²) < 4.78 is 19.8. The molecule has 7 heteroatoms. The predicted octanol–water partition coefficient (Wildman–Crippen LogP) is 5.91. The standard InChI is InChI=1S/C22H42N2O3Si2/c1-21(2,3)28(7,8)25-15-19-18(27-29(9,10)22(4,5)6)13-17(26-19)16-11-12-20(23)24-14-16/h11-12,14,17-19H,13,15H2,1-10H3,(H2,23,24)/t17-,18+,19-/m1/s1. The Kier molecular flexibility index (Phi) is 7.12. The fourth-order valence-corrected chi connectivity index (χ4v) is 5.24. The molecule has 29 heavy (non-hydrogen) atoms. The smallest absolute Gasteiger partial charge is 0.192 e. The van der Waals surface area contributed by atoms with Crippen LogP contribution in [0, 0.1) is 0 Å². The molecule has 166 valence electrons. The fourth-order valence-electron chi connectivity index (χ4n) is 2.87. The van der Waals surface area contributed by atoms with Gasteiger partial charge in [0, 0.05) is 12.6 Å². The van der Waals surface area contributed by atoms with E-state index in [1.54, 1.807) is 0 Å². The van der Waals surface area contributed by atoms with Crippen molar-refractivity contribution in [1.82, 2.24) is 4.98 Å². The zero-order chi connectivity index (χ0) is 22.3. The monoisotopic (exact) mass is 438 g/mol. The molecular weight excluding hydrogens is 396 g/mol. The molecule has 0 spiro atoms. The Hall–Kier alpha value is -0.736. The number of ether oxygens (including phenoxy) is 1. The first-order valence-electron chi connectivity index (χ1n) is 10.7. The van der Waals surface area contributed by atoms with E-state index in [0.717, 1.165) is 12.0 Å². The van der Waals surface area contributed by atoms with Gasteiger partial charge in [0.15, 0.2) is 16.6 Å². The van der Waals surface area contributed by atoms with Crippen molar-refractivity contribution in [3.05, 3.63) is 23.9 Å². The van der Waals surface area contributed by atoms with Crippen LogP contribution in [0.15, 0.2) is 18.3 Å². The molecule has 3 atom stereocenters. The number of nitrogens with zero attached hydrogens (tertiary/aromatic N) is 1. The number of pyridine rings is 1. The van der Waals surface area contributed by atoms with Crippen LogP contribution in [0.5, 0.6) is 0 Å². The summed E-state index contributed by atoms with van der Waals surface area (Å²) in [6.45, 7) is 23.4. The average Bonchev–Trinajstić information content (AvgIpc) is 2.93. The Morgan fingerprint density at radius 1 is 1.03 bits per heavy atom. The number of anilines is 1. The number of nitrogens with two attached hydrogens (primary N) is 1. The Morgan fingerprint density at radius 2 is 1.62 bits per heavy atom. The Balaban J connectivity index is 2.20. The van der Waals surface area contributed by atoms with Crippen molar-refractivity contribution in [2.75, 3.05) is 12.3 Å². The summed E-state index contributed by atoms with van der Waals surface area (Å²) in [4.78, 5) is 4.25. The van der Waals surface area contributed by atoms with Crippen LogP contribution in [0.25, 0.3) is 0 Å². The largest absolute Gasteiger partial charge is 0.414 e. The van der Waals surface area contributed by atoms with Crippen LogP contribution in [-0.4, -0.2) is 40.4 Å². The highest BCUT2D eigenvalue weighted by molar-refractivity contribution is 6.74. The molecule has 2 heterocycles. The highest BCUT2D eigenvalue weighted by Crippen LogP contribution is 2.43. The molecule has 1 aliphatic rings. The first-order chi connectivity index (χ1) is 13.0. The zero-order valence-electron chi connectivity index (χ0n) is 20.1. The van der Waals surface area contributed by atoms with Crippen LogP contribution in [0.4, 0.5) is 5.82 Å². The molecule has 0 aromatic carbocycles. The van der Waals surface area contributed by atoms with E-state index in [9.17, 15) is 0 Å². The molecule has 0 amide bonds.